The third-order valence-electron chi connectivity index (χ3n) is 3.89. The van der Waals surface area contributed by atoms with E-state index in [1.54, 1.807) is 0 Å². The van der Waals surface area contributed by atoms with Crippen molar-refractivity contribution in [2.24, 2.45) is 0 Å². The highest BCUT2D eigenvalue weighted by molar-refractivity contribution is 5.90. The van der Waals surface area contributed by atoms with E-state index in [1.165, 1.54) is 0 Å². The number of fused-ring (bicyclic) bond motifs is 1. The fourth-order valence-electron chi connectivity index (χ4n) is 2.90. The molecule has 0 spiro atoms. The molecule has 21 heavy (non-hydrogen) atoms. The largest absolute Gasteiger partial charge is 0.377 e. The number of para-hydroxylation sites is 1. The van der Waals surface area contributed by atoms with E-state index in [4.69, 9.17) is 14.7 Å². The second-order valence-corrected chi connectivity index (χ2v) is 5.90. The van der Waals surface area contributed by atoms with Crippen LogP contribution in [0.2, 0.25) is 0 Å². The van der Waals surface area contributed by atoms with Crippen LogP contribution in [0.15, 0.2) is 24.3 Å². The molecule has 1 aliphatic heterocycles. The fourth-order valence-corrected chi connectivity index (χ4v) is 2.90. The predicted octanol–water partition coefficient (Wildman–Crippen LogP) is 2.31. The van der Waals surface area contributed by atoms with Gasteiger partial charge in [-0.05, 0) is 26.0 Å². The molecule has 5 nitrogen and oxygen atoms in total. The lowest BCUT2D eigenvalue weighted by Crippen LogP contribution is -2.50. The van der Waals surface area contributed by atoms with Gasteiger partial charge in [0.2, 0.25) is 5.95 Å². The molecule has 1 fully saturated rings. The van der Waals surface area contributed by atoms with Gasteiger partial charge in [-0.1, -0.05) is 12.1 Å². The zero-order chi connectivity index (χ0) is 15.0. The van der Waals surface area contributed by atoms with Crippen LogP contribution in [-0.4, -0.2) is 49.4 Å². The minimum atomic E-state index is 0.282. The van der Waals surface area contributed by atoms with Crippen molar-refractivity contribution in [3.63, 3.8) is 0 Å². The number of anilines is 2. The Balaban J connectivity index is 2.14. The summed E-state index contributed by atoms with van der Waals surface area (Å²) in [6.45, 7) is 5.75. The number of morpholine rings is 1. The SMILES string of the molecule is CC1COCC(C)N1c1nc(N(C)C)c2ccccc2n1. The van der Waals surface area contributed by atoms with Gasteiger partial charge in [-0.2, -0.15) is 4.98 Å². The molecule has 1 saturated heterocycles. The minimum absolute atomic E-state index is 0.282. The van der Waals surface area contributed by atoms with E-state index in [9.17, 15) is 0 Å². The van der Waals surface area contributed by atoms with Crippen molar-refractivity contribution in [1.82, 2.24) is 9.97 Å². The van der Waals surface area contributed by atoms with Crippen LogP contribution < -0.4 is 9.80 Å². The summed E-state index contributed by atoms with van der Waals surface area (Å²) in [6.07, 6.45) is 0. The van der Waals surface area contributed by atoms with E-state index in [0.717, 1.165) is 35.9 Å². The van der Waals surface area contributed by atoms with Gasteiger partial charge in [-0.3, -0.25) is 0 Å². The number of hydrogen-bond acceptors (Lipinski definition) is 5. The maximum absolute atomic E-state index is 5.60. The number of ether oxygens (including phenoxy) is 1. The molecular weight excluding hydrogens is 264 g/mol. The monoisotopic (exact) mass is 286 g/mol. The third-order valence-corrected chi connectivity index (χ3v) is 3.89. The minimum Gasteiger partial charge on any atom is -0.377 e. The van der Waals surface area contributed by atoms with Crippen LogP contribution in [0.3, 0.4) is 0 Å². The van der Waals surface area contributed by atoms with Crippen molar-refractivity contribution in [3.8, 4) is 0 Å². The van der Waals surface area contributed by atoms with Crippen molar-refractivity contribution >= 4 is 22.7 Å². The molecule has 5 heteroatoms. The molecule has 0 amide bonds. The van der Waals surface area contributed by atoms with E-state index in [1.807, 2.05) is 37.2 Å². The van der Waals surface area contributed by atoms with E-state index in [2.05, 4.69) is 24.8 Å². The number of aromatic nitrogens is 2. The van der Waals surface area contributed by atoms with E-state index in [-0.39, 0.29) is 12.1 Å². The third kappa shape index (κ3) is 2.53. The van der Waals surface area contributed by atoms with Gasteiger partial charge in [0.1, 0.15) is 5.82 Å². The molecule has 0 radical (unpaired) electrons. The molecule has 2 atom stereocenters. The van der Waals surface area contributed by atoms with Gasteiger partial charge in [0.15, 0.2) is 0 Å². The number of nitrogens with zero attached hydrogens (tertiary/aromatic N) is 4. The van der Waals surface area contributed by atoms with E-state index in [0.29, 0.717) is 0 Å². The number of rotatable bonds is 2. The maximum atomic E-state index is 5.60. The zero-order valence-corrected chi connectivity index (χ0v) is 13.1. The van der Waals surface area contributed by atoms with Crippen LogP contribution in [0.5, 0.6) is 0 Å². The molecule has 2 aromatic rings. The van der Waals surface area contributed by atoms with E-state index >= 15 is 0 Å². The van der Waals surface area contributed by atoms with Gasteiger partial charge in [0.05, 0.1) is 30.8 Å². The first-order valence-corrected chi connectivity index (χ1v) is 7.38. The Morgan fingerprint density at radius 1 is 1.10 bits per heavy atom. The van der Waals surface area contributed by atoms with E-state index < -0.39 is 0 Å². The average molecular weight is 286 g/mol. The molecule has 112 valence electrons. The summed E-state index contributed by atoms with van der Waals surface area (Å²) in [5.74, 6) is 1.75. The van der Waals surface area contributed by atoms with Crippen LogP contribution in [0, 0.1) is 0 Å². The van der Waals surface area contributed by atoms with Gasteiger partial charge < -0.3 is 14.5 Å². The first-order valence-electron chi connectivity index (χ1n) is 7.38. The second-order valence-electron chi connectivity index (χ2n) is 5.90. The average Bonchev–Trinajstić information content (AvgIpc) is 2.46. The van der Waals surface area contributed by atoms with Crippen molar-refractivity contribution in [3.05, 3.63) is 24.3 Å². The summed E-state index contributed by atoms with van der Waals surface area (Å²) in [5.41, 5.74) is 0.983. The van der Waals surface area contributed by atoms with Gasteiger partial charge in [-0.15, -0.1) is 0 Å². The second kappa shape index (κ2) is 5.48. The molecule has 0 N–H and O–H groups in total. The lowest BCUT2D eigenvalue weighted by Gasteiger charge is -2.39. The van der Waals surface area contributed by atoms with Gasteiger partial charge in [0, 0.05) is 19.5 Å². The highest BCUT2D eigenvalue weighted by atomic mass is 16.5. The normalized spacial score (nSPS) is 22.6. The summed E-state index contributed by atoms with van der Waals surface area (Å²) < 4.78 is 5.60. The molecule has 1 aromatic heterocycles. The summed E-state index contributed by atoms with van der Waals surface area (Å²) in [5, 5.41) is 1.08. The van der Waals surface area contributed by atoms with Crippen LogP contribution in [0.25, 0.3) is 10.9 Å². The van der Waals surface area contributed by atoms with Crippen molar-refractivity contribution < 1.29 is 4.74 Å². The Labute approximate surface area is 125 Å². The Hall–Kier alpha value is -1.88. The van der Waals surface area contributed by atoms with Crippen molar-refractivity contribution in [2.45, 2.75) is 25.9 Å². The molecule has 1 aromatic carbocycles. The lowest BCUT2D eigenvalue weighted by atomic mass is 10.2. The predicted molar refractivity (Wildman–Crippen MR) is 86.1 cm³/mol. The lowest BCUT2D eigenvalue weighted by molar-refractivity contribution is 0.0747. The first-order chi connectivity index (χ1) is 10.1. The van der Waals surface area contributed by atoms with Crippen LogP contribution in [0.4, 0.5) is 11.8 Å². The van der Waals surface area contributed by atoms with Crippen molar-refractivity contribution in [1.29, 1.82) is 0 Å². The summed E-state index contributed by atoms with van der Waals surface area (Å²) >= 11 is 0. The standard InChI is InChI=1S/C16H22N4O/c1-11-9-21-10-12(2)20(11)16-17-14-8-6-5-7-13(14)15(18-16)19(3)4/h5-8,11-12H,9-10H2,1-4H3. The van der Waals surface area contributed by atoms with Crippen LogP contribution in [0.1, 0.15) is 13.8 Å². The van der Waals surface area contributed by atoms with Gasteiger partial charge >= 0.3 is 0 Å². The number of hydrogen-bond donors (Lipinski definition) is 0. The van der Waals surface area contributed by atoms with Crippen LogP contribution in [-0.2, 0) is 4.74 Å². The molecule has 0 bridgehead atoms. The molecule has 1 aliphatic rings. The fraction of sp³-hybridized carbons (Fsp3) is 0.500. The summed E-state index contributed by atoms with van der Waals surface area (Å²) in [7, 11) is 4.04. The maximum Gasteiger partial charge on any atom is 0.228 e. The number of benzene rings is 1. The van der Waals surface area contributed by atoms with Gasteiger partial charge in [0.25, 0.3) is 0 Å². The first kappa shape index (κ1) is 14.1. The molecule has 2 unspecified atom stereocenters. The zero-order valence-electron chi connectivity index (χ0n) is 13.1. The van der Waals surface area contributed by atoms with Gasteiger partial charge in [-0.25, -0.2) is 4.98 Å². The Kier molecular flexibility index (Phi) is 3.68. The quantitative estimate of drug-likeness (QED) is 0.847. The van der Waals surface area contributed by atoms with Crippen molar-refractivity contribution in [2.75, 3.05) is 37.1 Å². The highest BCUT2D eigenvalue weighted by Crippen LogP contribution is 2.28. The Morgan fingerprint density at radius 3 is 2.43 bits per heavy atom. The Bertz CT molecular complexity index is 633. The summed E-state index contributed by atoms with van der Waals surface area (Å²) in [4.78, 5) is 13.9. The topological polar surface area (TPSA) is 41.5 Å². The molecule has 3 rings (SSSR count). The highest BCUT2D eigenvalue weighted by Gasteiger charge is 2.28. The molecule has 2 heterocycles. The molecular formula is C16H22N4O. The smallest absolute Gasteiger partial charge is 0.228 e. The Morgan fingerprint density at radius 2 is 1.76 bits per heavy atom. The summed E-state index contributed by atoms with van der Waals surface area (Å²) in [6, 6.07) is 8.72. The van der Waals surface area contributed by atoms with Crippen LogP contribution >= 0.6 is 0 Å². The molecule has 0 aliphatic carbocycles. The molecule has 0 saturated carbocycles.